The molecule has 3 nitrogen and oxygen atoms in total. The number of hydrogen-bond acceptors (Lipinski definition) is 3. The Labute approximate surface area is 115 Å². The lowest BCUT2D eigenvalue weighted by atomic mass is 9.74. The molecular weight excluding hydrogens is 238 g/mol. The van der Waals surface area contributed by atoms with Gasteiger partial charge in [0, 0.05) is 23.2 Å². The second-order valence-corrected chi connectivity index (χ2v) is 5.80. The first-order valence-corrected chi connectivity index (χ1v) is 7.26. The van der Waals surface area contributed by atoms with Crippen LogP contribution in [-0.2, 0) is 13.0 Å². The van der Waals surface area contributed by atoms with Crippen LogP contribution in [0.3, 0.4) is 0 Å². The molecule has 0 bridgehead atoms. The van der Waals surface area contributed by atoms with Gasteiger partial charge in [0.15, 0.2) is 0 Å². The van der Waals surface area contributed by atoms with Crippen molar-refractivity contribution in [3.05, 3.63) is 23.3 Å². The topological polar surface area (TPSA) is 30.5 Å². The quantitative estimate of drug-likeness (QED) is 0.887. The second kappa shape index (κ2) is 5.04. The Morgan fingerprint density at radius 2 is 1.58 bits per heavy atom. The highest BCUT2D eigenvalue weighted by molar-refractivity contribution is 5.51. The zero-order valence-corrected chi connectivity index (χ0v) is 11.9. The molecule has 0 radical (unpaired) electrons. The van der Waals surface area contributed by atoms with E-state index >= 15 is 0 Å². The van der Waals surface area contributed by atoms with Gasteiger partial charge in [-0.15, -0.1) is 0 Å². The van der Waals surface area contributed by atoms with E-state index in [1.54, 1.807) is 14.2 Å². The van der Waals surface area contributed by atoms with E-state index in [2.05, 4.69) is 5.32 Å². The summed E-state index contributed by atoms with van der Waals surface area (Å²) in [6.45, 7) is 0.899. The van der Waals surface area contributed by atoms with E-state index in [9.17, 15) is 0 Å². The van der Waals surface area contributed by atoms with Gasteiger partial charge in [0.05, 0.1) is 14.2 Å². The lowest BCUT2D eigenvalue weighted by molar-refractivity contribution is 0.211. The Morgan fingerprint density at radius 3 is 2.21 bits per heavy atom. The largest absolute Gasteiger partial charge is 0.496 e. The number of methoxy groups -OCH3 is 2. The zero-order chi connectivity index (χ0) is 13.3. The third kappa shape index (κ3) is 2.20. The molecule has 1 aromatic carbocycles. The molecule has 1 saturated carbocycles. The van der Waals surface area contributed by atoms with E-state index < -0.39 is 0 Å². The van der Waals surface area contributed by atoms with Crippen LogP contribution in [0.25, 0.3) is 0 Å². The molecule has 1 aromatic rings. The van der Waals surface area contributed by atoms with Crippen LogP contribution in [0, 0.1) is 0 Å². The Hall–Kier alpha value is -1.22. The van der Waals surface area contributed by atoms with Crippen LogP contribution in [0.15, 0.2) is 12.1 Å². The highest BCUT2D eigenvalue weighted by Gasteiger charge is 2.37. The molecular formula is C16H23NO2. The van der Waals surface area contributed by atoms with Gasteiger partial charge >= 0.3 is 0 Å². The first kappa shape index (κ1) is 12.8. The molecule has 1 fully saturated rings. The van der Waals surface area contributed by atoms with Crippen molar-refractivity contribution in [3.63, 3.8) is 0 Å². The van der Waals surface area contributed by atoms with Crippen LogP contribution in [0.2, 0.25) is 0 Å². The minimum atomic E-state index is 0.297. The molecule has 0 amide bonds. The lowest BCUT2D eigenvalue weighted by Crippen LogP contribution is -2.51. The Balaban J connectivity index is 1.98. The normalized spacial score (nSPS) is 20.9. The maximum absolute atomic E-state index is 5.56. The summed E-state index contributed by atoms with van der Waals surface area (Å²) in [6.07, 6.45) is 7.71. The molecule has 1 spiro atoms. The molecule has 19 heavy (non-hydrogen) atoms. The van der Waals surface area contributed by atoms with Crippen LogP contribution < -0.4 is 14.8 Å². The van der Waals surface area contributed by atoms with Gasteiger partial charge in [0.2, 0.25) is 0 Å². The van der Waals surface area contributed by atoms with Crippen LogP contribution in [0.4, 0.5) is 0 Å². The highest BCUT2D eigenvalue weighted by Crippen LogP contribution is 2.41. The second-order valence-electron chi connectivity index (χ2n) is 5.80. The fourth-order valence-electron chi connectivity index (χ4n) is 3.68. The molecule has 0 atom stereocenters. The third-order valence-electron chi connectivity index (χ3n) is 4.75. The summed E-state index contributed by atoms with van der Waals surface area (Å²) in [4.78, 5) is 0. The third-order valence-corrected chi connectivity index (χ3v) is 4.75. The van der Waals surface area contributed by atoms with Gasteiger partial charge in [-0.2, -0.15) is 0 Å². The maximum atomic E-state index is 5.56. The minimum absolute atomic E-state index is 0.297. The Bertz CT molecular complexity index is 464. The van der Waals surface area contributed by atoms with Gasteiger partial charge in [-0.25, -0.2) is 0 Å². The van der Waals surface area contributed by atoms with Crippen molar-refractivity contribution in [1.29, 1.82) is 0 Å². The average Bonchev–Trinajstić information content (AvgIpc) is 2.46. The van der Waals surface area contributed by atoms with Gasteiger partial charge in [-0.05, 0) is 31.4 Å². The fourth-order valence-corrected chi connectivity index (χ4v) is 3.68. The van der Waals surface area contributed by atoms with Crippen molar-refractivity contribution in [2.45, 2.75) is 50.6 Å². The van der Waals surface area contributed by atoms with Gasteiger partial charge in [-0.1, -0.05) is 19.3 Å². The molecule has 0 aromatic heterocycles. The SMILES string of the molecule is COc1ccc(OC)c2c1CNC1(CCCCC1)C2. The zero-order valence-electron chi connectivity index (χ0n) is 11.9. The first-order chi connectivity index (χ1) is 9.28. The number of benzene rings is 1. The van der Waals surface area contributed by atoms with Gasteiger partial charge in [0.1, 0.15) is 11.5 Å². The number of nitrogens with one attached hydrogen (secondary N) is 1. The van der Waals surface area contributed by atoms with Gasteiger partial charge in [0.25, 0.3) is 0 Å². The Kier molecular flexibility index (Phi) is 3.40. The van der Waals surface area contributed by atoms with E-state index in [4.69, 9.17) is 9.47 Å². The van der Waals surface area contributed by atoms with Crippen molar-refractivity contribution in [1.82, 2.24) is 5.32 Å². The Morgan fingerprint density at radius 1 is 0.947 bits per heavy atom. The van der Waals surface area contributed by atoms with E-state index in [0.717, 1.165) is 24.5 Å². The molecule has 1 heterocycles. The van der Waals surface area contributed by atoms with Gasteiger partial charge < -0.3 is 14.8 Å². The van der Waals surface area contributed by atoms with E-state index in [1.165, 1.54) is 43.2 Å². The average molecular weight is 261 g/mol. The van der Waals surface area contributed by atoms with Crippen LogP contribution in [0.5, 0.6) is 11.5 Å². The van der Waals surface area contributed by atoms with Crippen molar-refractivity contribution in [2.24, 2.45) is 0 Å². The maximum Gasteiger partial charge on any atom is 0.123 e. The summed E-state index contributed by atoms with van der Waals surface area (Å²) in [5, 5.41) is 3.78. The summed E-state index contributed by atoms with van der Waals surface area (Å²) in [6, 6.07) is 4.05. The molecule has 2 aliphatic rings. The summed E-state index contributed by atoms with van der Waals surface area (Å²) < 4.78 is 11.1. The van der Waals surface area contributed by atoms with Crippen molar-refractivity contribution in [3.8, 4) is 11.5 Å². The highest BCUT2D eigenvalue weighted by atomic mass is 16.5. The van der Waals surface area contributed by atoms with Crippen LogP contribution in [0.1, 0.15) is 43.2 Å². The smallest absolute Gasteiger partial charge is 0.123 e. The fraction of sp³-hybridized carbons (Fsp3) is 0.625. The van der Waals surface area contributed by atoms with E-state index in [1.807, 2.05) is 12.1 Å². The molecule has 0 unspecified atom stereocenters. The number of rotatable bonds is 2. The van der Waals surface area contributed by atoms with E-state index in [-0.39, 0.29) is 0 Å². The molecule has 1 N–H and O–H groups in total. The van der Waals surface area contributed by atoms with Crippen LogP contribution in [-0.4, -0.2) is 19.8 Å². The van der Waals surface area contributed by atoms with Crippen LogP contribution >= 0.6 is 0 Å². The van der Waals surface area contributed by atoms with Gasteiger partial charge in [-0.3, -0.25) is 0 Å². The summed E-state index contributed by atoms with van der Waals surface area (Å²) in [7, 11) is 3.50. The van der Waals surface area contributed by atoms with Crippen molar-refractivity contribution >= 4 is 0 Å². The predicted molar refractivity (Wildman–Crippen MR) is 75.9 cm³/mol. The standard InChI is InChI=1S/C16H23NO2/c1-18-14-6-7-15(19-2)13-11-17-16(10-12(13)14)8-4-3-5-9-16/h6-7,17H,3-5,8-11H2,1-2H3. The number of ether oxygens (including phenoxy) is 2. The summed E-state index contributed by atoms with van der Waals surface area (Å²) in [5.74, 6) is 2.00. The predicted octanol–water partition coefficient (Wildman–Crippen LogP) is 3.05. The number of fused-ring (bicyclic) bond motifs is 1. The summed E-state index contributed by atoms with van der Waals surface area (Å²) in [5.41, 5.74) is 2.92. The van der Waals surface area contributed by atoms with Crippen molar-refractivity contribution < 1.29 is 9.47 Å². The monoisotopic (exact) mass is 261 g/mol. The number of hydrogen-bond donors (Lipinski definition) is 1. The van der Waals surface area contributed by atoms with E-state index in [0.29, 0.717) is 5.54 Å². The molecule has 3 heteroatoms. The van der Waals surface area contributed by atoms with Crippen molar-refractivity contribution in [2.75, 3.05) is 14.2 Å². The molecule has 1 aliphatic carbocycles. The minimum Gasteiger partial charge on any atom is -0.496 e. The first-order valence-electron chi connectivity index (χ1n) is 7.26. The molecule has 1 aliphatic heterocycles. The lowest BCUT2D eigenvalue weighted by Gasteiger charge is -2.43. The summed E-state index contributed by atoms with van der Waals surface area (Å²) >= 11 is 0. The molecule has 0 saturated heterocycles. The molecule has 3 rings (SSSR count). The molecule has 104 valence electrons.